The lowest BCUT2D eigenvalue weighted by molar-refractivity contribution is 0.282. The van der Waals surface area contributed by atoms with Gasteiger partial charge in [-0.1, -0.05) is 18.2 Å². The molecule has 1 aromatic carbocycles. The first kappa shape index (κ1) is 10.2. The standard InChI is InChI=1S/C9H13NO2S/c1-10(13(2)12)9-6-4-3-5-8(9)7-11/h3-6,11H,7H2,1-2H3. The summed E-state index contributed by atoms with van der Waals surface area (Å²) in [6.45, 7) is -0.0300. The van der Waals surface area contributed by atoms with E-state index in [1.54, 1.807) is 17.6 Å². The molecule has 0 heterocycles. The van der Waals surface area contributed by atoms with E-state index in [-0.39, 0.29) is 6.61 Å². The lowest BCUT2D eigenvalue weighted by Gasteiger charge is -2.18. The maximum absolute atomic E-state index is 11.2. The summed E-state index contributed by atoms with van der Waals surface area (Å²) in [6, 6.07) is 7.37. The normalized spacial score (nSPS) is 12.5. The van der Waals surface area contributed by atoms with Crippen LogP contribution in [0.3, 0.4) is 0 Å². The SMILES string of the molecule is CN(c1ccccc1CO)S(C)=O. The maximum Gasteiger partial charge on any atom is 0.116 e. The topological polar surface area (TPSA) is 40.5 Å². The van der Waals surface area contributed by atoms with Crippen LogP contribution in [-0.2, 0) is 17.6 Å². The average molecular weight is 199 g/mol. The number of aliphatic hydroxyl groups excluding tert-OH is 1. The molecule has 0 aliphatic heterocycles. The van der Waals surface area contributed by atoms with Crippen LogP contribution in [0.5, 0.6) is 0 Å². The van der Waals surface area contributed by atoms with Crippen molar-refractivity contribution in [2.24, 2.45) is 0 Å². The summed E-state index contributed by atoms with van der Waals surface area (Å²) >= 11 is 0. The average Bonchev–Trinajstić information content (AvgIpc) is 2.16. The van der Waals surface area contributed by atoms with E-state index in [9.17, 15) is 4.21 Å². The fraction of sp³-hybridized carbons (Fsp3) is 0.333. The Hall–Kier alpha value is -0.870. The molecule has 0 bridgehead atoms. The van der Waals surface area contributed by atoms with Gasteiger partial charge in [0, 0.05) is 18.9 Å². The minimum atomic E-state index is -1.05. The van der Waals surface area contributed by atoms with Gasteiger partial charge in [-0.05, 0) is 6.07 Å². The third kappa shape index (κ3) is 2.29. The number of hydrogen-bond acceptors (Lipinski definition) is 2. The Balaban J connectivity index is 3.05. The fourth-order valence-corrected chi connectivity index (χ4v) is 1.55. The third-order valence-corrected chi connectivity index (χ3v) is 2.85. The van der Waals surface area contributed by atoms with Crippen LogP contribution in [0.25, 0.3) is 0 Å². The number of aliphatic hydroxyl groups is 1. The van der Waals surface area contributed by atoms with Crippen LogP contribution in [0.2, 0.25) is 0 Å². The van der Waals surface area contributed by atoms with E-state index in [1.165, 1.54) is 0 Å². The van der Waals surface area contributed by atoms with Gasteiger partial charge in [0.15, 0.2) is 0 Å². The van der Waals surface area contributed by atoms with Crippen molar-refractivity contribution in [2.45, 2.75) is 6.61 Å². The molecule has 72 valence electrons. The Labute approximate surface area is 80.6 Å². The molecule has 1 atom stereocenters. The van der Waals surface area contributed by atoms with E-state index < -0.39 is 11.0 Å². The molecule has 0 spiro atoms. The summed E-state index contributed by atoms with van der Waals surface area (Å²) in [5.74, 6) is 0. The fourth-order valence-electron chi connectivity index (χ4n) is 1.09. The minimum absolute atomic E-state index is 0.0300. The van der Waals surface area contributed by atoms with Gasteiger partial charge in [-0.15, -0.1) is 0 Å². The molecule has 0 aliphatic rings. The summed E-state index contributed by atoms with van der Waals surface area (Å²) < 4.78 is 12.8. The molecule has 0 saturated heterocycles. The van der Waals surface area contributed by atoms with Crippen LogP contribution in [0, 0.1) is 0 Å². The number of hydrogen-bond donors (Lipinski definition) is 1. The van der Waals surface area contributed by atoms with Crippen LogP contribution in [0.15, 0.2) is 24.3 Å². The molecule has 0 aliphatic carbocycles. The van der Waals surface area contributed by atoms with Crippen molar-refractivity contribution >= 4 is 16.7 Å². The molecule has 0 amide bonds. The van der Waals surface area contributed by atoms with E-state index in [2.05, 4.69) is 0 Å². The van der Waals surface area contributed by atoms with Gasteiger partial charge in [0.2, 0.25) is 0 Å². The highest BCUT2D eigenvalue weighted by Crippen LogP contribution is 2.19. The van der Waals surface area contributed by atoms with Gasteiger partial charge >= 0.3 is 0 Å². The Morgan fingerprint density at radius 3 is 2.62 bits per heavy atom. The predicted molar refractivity (Wildman–Crippen MR) is 54.8 cm³/mol. The highest BCUT2D eigenvalue weighted by Gasteiger charge is 2.07. The summed E-state index contributed by atoms with van der Waals surface area (Å²) in [5, 5.41) is 9.02. The van der Waals surface area contributed by atoms with E-state index in [0.29, 0.717) is 0 Å². The monoisotopic (exact) mass is 199 g/mol. The zero-order valence-corrected chi connectivity index (χ0v) is 8.54. The number of benzene rings is 1. The molecule has 4 heteroatoms. The van der Waals surface area contributed by atoms with Crippen molar-refractivity contribution in [3.05, 3.63) is 29.8 Å². The van der Waals surface area contributed by atoms with Crippen LogP contribution < -0.4 is 4.31 Å². The van der Waals surface area contributed by atoms with Crippen molar-refractivity contribution in [2.75, 3.05) is 17.6 Å². The maximum atomic E-state index is 11.2. The first-order valence-electron chi connectivity index (χ1n) is 3.93. The largest absolute Gasteiger partial charge is 0.392 e. The van der Waals surface area contributed by atoms with Crippen molar-refractivity contribution < 1.29 is 9.32 Å². The summed E-state index contributed by atoms with van der Waals surface area (Å²) in [7, 11) is 0.690. The summed E-state index contributed by atoms with van der Waals surface area (Å²) in [6.07, 6.45) is 1.61. The molecule has 0 fully saturated rings. The van der Waals surface area contributed by atoms with Crippen molar-refractivity contribution in [1.82, 2.24) is 0 Å². The Bertz CT molecular complexity index is 314. The first-order valence-corrected chi connectivity index (χ1v) is 5.44. The molecular weight excluding hydrogens is 186 g/mol. The van der Waals surface area contributed by atoms with Gasteiger partial charge in [0.25, 0.3) is 0 Å². The number of nitrogens with zero attached hydrogens (tertiary/aromatic N) is 1. The van der Waals surface area contributed by atoms with Crippen LogP contribution in [0.4, 0.5) is 5.69 Å². The zero-order chi connectivity index (χ0) is 9.84. The molecular formula is C9H13NO2S. The number of anilines is 1. The second-order valence-corrected chi connectivity index (χ2v) is 4.10. The van der Waals surface area contributed by atoms with Gasteiger partial charge in [-0.2, -0.15) is 0 Å². The van der Waals surface area contributed by atoms with Gasteiger partial charge in [0.05, 0.1) is 12.3 Å². The van der Waals surface area contributed by atoms with Gasteiger partial charge in [0.1, 0.15) is 11.0 Å². The summed E-state index contributed by atoms with van der Waals surface area (Å²) in [5.41, 5.74) is 1.60. The first-order chi connectivity index (χ1) is 6.16. The number of para-hydroxylation sites is 1. The molecule has 1 rings (SSSR count). The van der Waals surface area contributed by atoms with Gasteiger partial charge in [-0.3, -0.25) is 4.31 Å². The summed E-state index contributed by atoms with van der Waals surface area (Å²) in [4.78, 5) is 0. The molecule has 0 aromatic heterocycles. The predicted octanol–water partition coefficient (Wildman–Crippen LogP) is 0.909. The highest BCUT2D eigenvalue weighted by molar-refractivity contribution is 7.85. The lowest BCUT2D eigenvalue weighted by atomic mass is 10.2. The third-order valence-electron chi connectivity index (χ3n) is 1.89. The second kappa shape index (κ2) is 4.39. The van der Waals surface area contributed by atoms with E-state index in [0.717, 1.165) is 11.3 Å². The Kier molecular flexibility index (Phi) is 3.45. The van der Waals surface area contributed by atoms with Crippen molar-refractivity contribution in [3.63, 3.8) is 0 Å². The molecule has 1 aromatic rings. The Morgan fingerprint density at radius 1 is 1.46 bits per heavy atom. The molecule has 3 nitrogen and oxygen atoms in total. The van der Waals surface area contributed by atoms with E-state index in [1.807, 2.05) is 24.3 Å². The lowest BCUT2D eigenvalue weighted by Crippen LogP contribution is -2.20. The quantitative estimate of drug-likeness (QED) is 0.786. The minimum Gasteiger partial charge on any atom is -0.392 e. The Morgan fingerprint density at radius 2 is 2.08 bits per heavy atom. The molecule has 0 radical (unpaired) electrons. The van der Waals surface area contributed by atoms with E-state index in [4.69, 9.17) is 5.11 Å². The van der Waals surface area contributed by atoms with Crippen LogP contribution in [0.1, 0.15) is 5.56 Å². The molecule has 1 unspecified atom stereocenters. The van der Waals surface area contributed by atoms with Gasteiger partial charge in [-0.25, -0.2) is 4.21 Å². The smallest absolute Gasteiger partial charge is 0.116 e. The molecule has 1 N–H and O–H groups in total. The number of rotatable bonds is 3. The van der Waals surface area contributed by atoms with E-state index >= 15 is 0 Å². The van der Waals surface area contributed by atoms with Crippen molar-refractivity contribution in [1.29, 1.82) is 0 Å². The second-order valence-electron chi connectivity index (χ2n) is 2.71. The van der Waals surface area contributed by atoms with Crippen molar-refractivity contribution in [3.8, 4) is 0 Å². The van der Waals surface area contributed by atoms with Crippen LogP contribution >= 0.6 is 0 Å². The highest BCUT2D eigenvalue weighted by atomic mass is 32.2. The van der Waals surface area contributed by atoms with Crippen LogP contribution in [-0.4, -0.2) is 22.6 Å². The zero-order valence-electron chi connectivity index (χ0n) is 7.73. The molecule has 0 saturated carbocycles. The molecule has 13 heavy (non-hydrogen) atoms. The van der Waals surface area contributed by atoms with Gasteiger partial charge < -0.3 is 5.11 Å².